The van der Waals surface area contributed by atoms with Gasteiger partial charge in [0.2, 0.25) is 0 Å². The van der Waals surface area contributed by atoms with Crippen LogP contribution in [-0.4, -0.2) is 0 Å². The Bertz CT molecular complexity index is 597. The van der Waals surface area contributed by atoms with Crippen molar-refractivity contribution in [1.29, 1.82) is 5.26 Å². The Morgan fingerprint density at radius 1 is 1.06 bits per heavy atom. The largest absolute Gasteiger partial charge is 0.207 e. The van der Waals surface area contributed by atoms with Crippen LogP contribution in [0.3, 0.4) is 0 Å². The number of nitrogens with zero attached hydrogens (tertiary/aromatic N) is 1. The first-order valence-corrected chi connectivity index (χ1v) is 5.57. The van der Waals surface area contributed by atoms with Crippen LogP contribution in [0.15, 0.2) is 42.5 Å². The van der Waals surface area contributed by atoms with Crippen molar-refractivity contribution in [2.24, 2.45) is 0 Å². The molecule has 0 spiro atoms. The van der Waals surface area contributed by atoms with Gasteiger partial charge in [-0.3, -0.25) is 0 Å². The Balaban J connectivity index is 2.35. The summed E-state index contributed by atoms with van der Waals surface area (Å²) in [5, 5.41) is 8.71. The smallest absolute Gasteiger partial charge is 0.129 e. The molecular weight excluding hydrogens is 232 g/mol. The molecule has 1 nitrogen and oxygen atoms in total. The third kappa shape index (κ3) is 2.38. The van der Waals surface area contributed by atoms with E-state index in [9.17, 15) is 8.78 Å². The lowest BCUT2D eigenvalue weighted by molar-refractivity contribution is 0.568. The van der Waals surface area contributed by atoms with Gasteiger partial charge in [0.05, 0.1) is 11.6 Å². The summed E-state index contributed by atoms with van der Waals surface area (Å²) in [6, 6.07) is 12.6. The average Bonchev–Trinajstić information content (AvgIpc) is 2.38. The Morgan fingerprint density at radius 3 is 2.28 bits per heavy atom. The molecule has 0 amide bonds. The zero-order chi connectivity index (χ0) is 13.1. The summed E-state index contributed by atoms with van der Waals surface area (Å²) < 4.78 is 26.5. The molecule has 18 heavy (non-hydrogen) atoms. The fourth-order valence-corrected chi connectivity index (χ4v) is 1.88. The predicted octanol–water partition coefficient (Wildman–Crippen LogP) is 3.99. The highest BCUT2D eigenvalue weighted by Crippen LogP contribution is 2.26. The predicted molar refractivity (Wildman–Crippen MR) is 65.0 cm³/mol. The first-order valence-electron chi connectivity index (χ1n) is 5.57. The number of hydrogen-bond donors (Lipinski definition) is 0. The number of rotatable bonds is 2. The lowest BCUT2D eigenvalue weighted by Gasteiger charge is -2.13. The summed E-state index contributed by atoms with van der Waals surface area (Å²) in [5.41, 5.74) is 1.89. The van der Waals surface area contributed by atoms with E-state index in [-0.39, 0.29) is 5.92 Å². The van der Waals surface area contributed by atoms with E-state index in [1.54, 1.807) is 24.3 Å². The second-order valence-electron chi connectivity index (χ2n) is 4.12. The Kier molecular flexibility index (Phi) is 3.38. The van der Waals surface area contributed by atoms with Crippen molar-refractivity contribution < 1.29 is 8.78 Å². The summed E-state index contributed by atoms with van der Waals surface area (Å²) in [6.07, 6.45) is 0. The molecule has 2 aromatic carbocycles. The molecule has 0 heterocycles. The van der Waals surface area contributed by atoms with Gasteiger partial charge in [-0.15, -0.1) is 0 Å². The molecule has 0 N–H and O–H groups in total. The average molecular weight is 243 g/mol. The highest BCUT2D eigenvalue weighted by Gasteiger charge is 2.13. The summed E-state index contributed by atoms with van der Waals surface area (Å²) >= 11 is 0. The van der Waals surface area contributed by atoms with Gasteiger partial charge in [0.25, 0.3) is 0 Å². The van der Waals surface area contributed by atoms with E-state index in [4.69, 9.17) is 5.26 Å². The molecule has 0 fully saturated rings. The SMILES string of the molecule is CC(c1ccc(C#N)cc1)c1ccc(F)cc1F. The Morgan fingerprint density at radius 2 is 1.72 bits per heavy atom. The molecule has 2 aromatic rings. The molecule has 0 aliphatic rings. The molecule has 90 valence electrons. The van der Waals surface area contributed by atoms with E-state index < -0.39 is 11.6 Å². The van der Waals surface area contributed by atoms with Crippen molar-refractivity contribution >= 4 is 0 Å². The van der Waals surface area contributed by atoms with Crippen molar-refractivity contribution in [3.8, 4) is 6.07 Å². The normalized spacial score (nSPS) is 11.9. The van der Waals surface area contributed by atoms with Crippen molar-refractivity contribution in [2.75, 3.05) is 0 Å². The molecular formula is C15H11F2N. The van der Waals surface area contributed by atoms with Crippen LogP contribution in [0.1, 0.15) is 29.5 Å². The van der Waals surface area contributed by atoms with E-state index in [1.807, 2.05) is 13.0 Å². The maximum atomic E-state index is 13.6. The van der Waals surface area contributed by atoms with Gasteiger partial charge in [-0.2, -0.15) is 5.26 Å². The van der Waals surface area contributed by atoms with Gasteiger partial charge >= 0.3 is 0 Å². The second-order valence-corrected chi connectivity index (χ2v) is 4.12. The fourth-order valence-electron chi connectivity index (χ4n) is 1.88. The maximum absolute atomic E-state index is 13.6. The van der Waals surface area contributed by atoms with Crippen molar-refractivity contribution in [2.45, 2.75) is 12.8 Å². The minimum absolute atomic E-state index is 0.182. The number of nitriles is 1. The molecule has 0 radical (unpaired) electrons. The van der Waals surface area contributed by atoms with Gasteiger partial charge in [-0.05, 0) is 29.3 Å². The van der Waals surface area contributed by atoms with Crippen LogP contribution >= 0.6 is 0 Å². The molecule has 3 heteroatoms. The van der Waals surface area contributed by atoms with Crippen LogP contribution in [0, 0.1) is 23.0 Å². The van der Waals surface area contributed by atoms with E-state index in [0.29, 0.717) is 11.1 Å². The lowest BCUT2D eigenvalue weighted by Crippen LogP contribution is -2.00. The van der Waals surface area contributed by atoms with Gasteiger partial charge < -0.3 is 0 Å². The van der Waals surface area contributed by atoms with Crippen LogP contribution in [0.5, 0.6) is 0 Å². The minimum atomic E-state index is -0.580. The van der Waals surface area contributed by atoms with Crippen LogP contribution in [0.4, 0.5) is 8.78 Å². The summed E-state index contributed by atoms with van der Waals surface area (Å²) in [6.45, 7) is 1.84. The zero-order valence-corrected chi connectivity index (χ0v) is 9.82. The topological polar surface area (TPSA) is 23.8 Å². The van der Waals surface area contributed by atoms with Crippen molar-refractivity contribution in [3.63, 3.8) is 0 Å². The van der Waals surface area contributed by atoms with Gasteiger partial charge in [0, 0.05) is 12.0 Å². The molecule has 2 rings (SSSR count). The second kappa shape index (κ2) is 4.97. The van der Waals surface area contributed by atoms with E-state index in [1.165, 1.54) is 12.1 Å². The van der Waals surface area contributed by atoms with E-state index >= 15 is 0 Å². The highest BCUT2D eigenvalue weighted by molar-refractivity contribution is 5.37. The number of halogens is 2. The van der Waals surface area contributed by atoms with Crippen LogP contribution in [0.2, 0.25) is 0 Å². The Labute approximate surface area is 104 Å². The lowest BCUT2D eigenvalue weighted by atomic mass is 9.92. The monoisotopic (exact) mass is 243 g/mol. The van der Waals surface area contributed by atoms with Gasteiger partial charge in [-0.25, -0.2) is 8.78 Å². The molecule has 0 aliphatic heterocycles. The number of hydrogen-bond acceptors (Lipinski definition) is 1. The minimum Gasteiger partial charge on any atom is -0.207 e. The van der Waals surface area contributed by atoms with Crippen LogP contribution < -0.4 is 0 Å². The molecule has 1 atom stereocenters. The van der Waals surface area contributed by atoms with Crippen LogP contribution in [-0.2, 0) is 0 Å². The molecule has 0 saturated carbocycles. The zero-order valence-electron chi connectivity index (χ0n) is 9.82. The molecule has 0 bridgehead atoms. The summed E-state index contributed by atoms with van der Waals surface area (Å²) in [7, 11) is 0. The highest BCUT2D eigenvalue weighted by atomic mass is 19.1. The quantitative estimate of drug-likeness (QED) is 0.782. The third-order valence-electron chi connectivity index (χ3n) is 2.97. The molecule has 0 aromatic heterocycles. The van der Waals surface area contributed by atoms with E-state index in [0.717, 1.165) is 11.6 Å². The van der Waals surface area contributed by atoms with Crippen molar-refractivity contribution in [3.05, 3.63) is 70.8 Å². The van der Waals surface area contributed by atoms with Crippen LogP contribution in [0.25, 0.3) is 0 Å². The molecule has 0 saturated heterocycles. The van der Waals surface area contributed by atoms with Gasteiger partial charge in [0.15, 0.2) is 0 Å². The van der Waals surface area contributed by atoms with E-state index in [2.05, 4.69) is 0 Å². The fraction of sp³-hybridized carbons (Fsp3) is 0.133. The first-order chi connectivity index (χ1) is 8.61. The first kappa shape index (κ1) is 12.3. The third-order valence-corrected chi connectivity index (χ3v) is 2.97. The summed E-state index contributed by atoms with van der Waals surface area (Å²) in [5.74, 6) is -1.31. The molecule has 0 aliphatic carbocycles. The maximum Gasteiger partial charge on any atom is 0.129 e. The van der Waals surface area contributed by atoms with Gasteiger partial charge in [0.1, 0.15) is 11.6 Å². The Hall–Kier alpha value is -2.21. The van der Waals surface area contributed by atoms with Gasteiger partial charge in [-0.1, -0.05) is 25.1 Å². The summed E-state index contributed by atoms with van der Waals surface area (Å²) in [4.78, 5) is 0. The molecule has 1 unspecified atom stereocenters. The standard InChI is InChI=1S/C15H11F2N/c1-10(12-4-2-11(9-18)3-5-12)14-7-6-13(16)8-15(14)17/h2-8,10H,1H3. The van der Waals surface area contributed by atoms with Crippen molar-refractivity contribution in [1.82, 2.24) is 0 Å². The number of benzene rings is 2.